The summed E-state index contributed by atoms with van der Waals surface area (Å²) >= 11 is 0. The van der Waals surface area contributed by atoms with Crippen LogP contribution in [0.4, 0.5) is 0 Å². The second-order valence-corrected chi connectivity index (χ2v) is 6.94. The molecule has 1 saturated heterocycles. The number of aryl methyl sites for hydroxylation is 3. The minimum absolute atomic E-state index is 0.0521. The maximum atomic E-state index is 13.3. The van der Waals surface area contributed by atoms with Crippen molar-refractivity contribution >= 4 is 16.9 Å². The van der Waals surface area contributed by atoms with Gasteiger partial charge in [0.2, 0.25) is 0 Å². The average molecular weight is 328 g/mol. The van der Waals surface area contributed by atoms with Crippen LogP contribution in [0.3, 0.4) is 0 Å². The van der Waals surface area contributed by atoms with Crippen LogP contribution in [0.15, 0.2) is 16.5 Å². The van der Waals surface area contributed by atoms with Crippen LogP contribution < -0.4 is 5.32 Å². The second kappa shape index (κ2) is 6.98. The highest BCUT2D eigenvalue weighted by atomic mass is 16.3. The molecule has 24 heavy (non-hydrogen) atoms. The Hall–Kier alpha value is -1.81. The van der Waals surface area contributed by atoms with Crippen molar-refractivity contribution in [3.63, 3.8) is 0 Å². The number of amides is 1. The van der Waals surface area contributed by atoms with Crippen molar-refractivity contribution in [2.24, 2.45) is 0 Å². The van der Waals surface area contributed by atoms with Gasteiger partial charge in [0.1, 0.15) is 5.58 Å². The van der Waals surface area contributed by atoms with Gasteiger partial charge in [-0.1, -0.05) is 19.1 Å². The molecule has 4 heteroatoms. The number of nitrogens with one attached hydrogen (secondary N) is 1. The first kappa shape index (κ1) is 17.0. The van der Waals surface area contributed by atoms with E-state index in [1.807, 2.05) is 18.7 Å². The lowest BCUT2D eigenvalue weighted by molar-refractivity contribution is 0.0611. The molecule has 0 saturated carbocycles. The Morgan fingerprint density at radius 3 is 2.50 bits per heavy atom. The van der Waals surface area contributed by atoms with Gasteiger partial charge in [0.15, 0.2) is 5.76 Å². The molecule has 2 aromatic rings. The standard InChI is InChI=1S/C20H28N2O2/c1-5-12-22(16-8-10-21-11-9-16)20(23)19-15(4)17-13(2)6-7-14(3)18(17)24-19/h6-7,16,21H,5,8-12H2,1-4H3. The number of nitrogens with zero attached hydrogens (tertiary/aromatic N) is 1. The molecule has 0 atom stereocenters. The minimum Gasteiger partial charge on any atom is -0.450 e. The summed E-state index contributed by atoms with van der Waals surface area (Å²) in [5.41, 5.74) is 4.09. The van der Waals surface area contributed by atoms with Crippen molar-refractivity contribution in [2.75, 3.05) is 19.6 Å². The van der Waals surface area contributed by atoms with Crippen molar-refractivity contribution in [1.29, 1.82) is 0 Å². The summed E-state index contributed by atoms with van der Waals surface area (Å²) in [5.74, 6) is 0.575. The van der Waals surface area contributed by atoms with Gasteiger partial charge in [-0.05, 0) is 64.3 Å². The number of furan rings is 1. The van der Waals surface area contributed by atoms with Crippen molar-refractivity contribution in [3.05, 3.63) is 34.6 Å². The quantitative estimate of drug-likeness (QED) is 0.924. The maximum Gasteiger partial charge on any atom is 0.290 e. The van der Waals surface area contributed by atoms with Crippen LogP contribution in [-0.4, -0.2) is 36.5 Å². The molecule has 0 aliphatic carbocycles. The molecular formula is C20H28N2O2. The minimum atomic E-state index is 0.0521. The van der Waals surface area contributed by atoms with Gasteiger partial charge in [-0.3, -0.25) is 4.79 Å². The summed E-state index contributed by atoms with van der Waals surface area (Å²) in [7, 11) is 0. The molecule has 130 valence electrons. The van der Waals surface area contributed by atoms with Crippen LogP contribution in [0.5, 0.6) is 0 Å². The highest BCUT2D eigenvalue weighted by molar-refractivity contribution is 6.00. The lowest BCUT2D eigenvalue weighted by Gasteiger charge is -2.34. The van der Waals surface area contributed by atoms with E-state index in [4.69, 9.17) is 4.42 Å². The SMILES string of the molecule is CCCN(C(=O)c1oc2c(C)ccc(C)c2c1C)C1CCNCC1. The first-order valence-corrected chi connectivity index (χ1v) is 9.05. The maximum absolute atomic E-state index is 13.3. The fourth-order valence-corrected chi connectivity index (χ4v) is 3.82. The highest BCUT2D eigenvalue weighted by Gasteiger charge is 2.29. The summed E-state index contributed by atoms with van der Waals surface area (Å²) in [4.78, 5) is 15.3. The number of hydrogen-bond donors (Lipinski definition) is 1. The molecule has 0 spiro atoms. The van der Waals surface area contributed by atoms with Crippen LogP contribution in [0.1, 0.15) is 53.4 Å². The zero-order valence-corrected chi connectivity index (χ0v) is 15.2. The summed E-state index contributed by atoms with van der Waals surface area (Å²) in [6, 6.07) is 4.48. The molecule has 1 aromatic carbocycles. The molecule has 4 nitrogen and oxygen atoms in total. The van der Waals surface area contributed by atoms with Crippen LogP contribution in [-0.2, 0) is 0 Å². The van der Waals surface area contributed by atoms with Gasteiger partial charge in [-0.15, -0.1) is 0 Å². The van der Waals surface area contributed by atoms with E-state index in [2.05, 4.69) is 31.3 Å². The van der Waals surface area contributed by atoms with E-state index in [9.17, 15) is 4.79 Å². The van der Waals surface area contributed by atoms with Gasteiger partial charge in [0.05, 0.1) is 0 Å². The average Bonchev–Trinajstić information content (AvgIpc) is 2.95. The third-order valence-electron chi connectivity index (χ3n) is 5.15. The number of hydrogen-bond acceptors (Lipinski definition) is 3. The van der Waals surface area contributed by atoms with E-state index in [1.54, 1.807) is 0 Å². The highest BCUT2D eigenvalue weighted by Crippen LogP contribution is 2.32. The van der Waals surface area contributed by atoms with Gasteiger partial charge >= 0.3 is 0 Å². The summed E-state index contributed by atoms with van der Waals surface area (Å²) < 4.78 is 6.08. The molecule has 0 bridgehead atoms. The lowest BCUT2D eigenvalue weighted by Crippen LogP contribution is -2.46. The Kier molecular flexibility index (Phi) is 4.95. The number of fused-ring (bicyclic) bond motifs is 1. The molecule has 1 amide bonds. The number of rotatable bonds is 4. The van der Waals surface area contributed by atoms with Gasteiger partial charge in [-0.25, -0.2) is 0 Å². The Morgan fingerprint density at radius 1 is 1.21 bits per heavy atom. The molecule has 0 unspecified atom stereocenters. The predicted molar refractivity (Wildman–Crippen MR) is 97.6 cm³/mol. The molecule has 2 heterocycles. The zero-order chi connectivity index (χ0) is 17.3. The first-order chi connectivity index (χ1) is 11.5. The first-order valence-electron chi connectivity index (χ1n) is 9.05. The Labute approximate surface area is 144 Å². The van der Waals surface area contributed by atoms with E-state index in [0.717, 1.165) is 61.0 Å². The Bertz CT molecular complexity index is 742. The summed E-state index contributed by atoms with van der Waals surface area (Å²) in [6.07, 6.45) is 3.00. The third kappa shape index (κ3) is 2.95. The second-order valence-electron chi connectivity index (χ2n) is 6.94. The third-order valence-corrected chi connectivity index (χ3v) is 5.15. The fourth-order valence-electron chi connectivity index (χ4n) is 3.82. The molecule has 3 rings (SSSR count). The van der Waals surface area contributed by atoms with Crippen LogP contribution in [0, 0.1) is 20.8 Å². The van der Waals surface area contributed by atoms with Crippen molar-refractivity contribution in [1.82, 2.24) is 10.2 Å². The zero-order valence-electron chi connectivity index (χ0n) is 15.2. The number of benzene rings is 1. The smallest absolute Gasteiger partial charge is 0.290 e. The number of carbonyl (C=O) groups excluding carboxylic acids is 1. The topological polar surface area (TPSA) is 45.5 Å². The van der Waals surface area contributed by atoms with Crippen LogP contribution in [0.25, 0.3) is 11.0 Å². The number of piperidine rings is 1. The molecule has 1 aliphatic heterocycles. The molecular weight excluding hydrogens is 300 g/mol. The summed E-state index contributed by atoms with van der Waals surface area (Å²) in [5, 5.41) is 4.47. The van der Waals surface area contributed by atoms with Gasteiger partial charge in [0.25, 0.3) is 5.91 Å². The monoisotopic (exact) mass is 328 g/mol. The van der Waals surface area contributed by atoms with E-state index >= 15 is 0 Å². The van der Waals surface area contributed by atoms with Crippen molar-refractivity contribution in [3.8, 4) is 0 Å². The Morgan fingerprint density at radius 2 is 1.88 bits per heavy atom. The molecule has 1 fully saturated rings. The fraction of sp³-hybridized carbons (Fsp3) is 0.550. The predicted octanol–water partition coefficient (Wildman–Crippen LogP) is 3.96. The van der Waals surface area contributed by atoms with Crippen LogP contribution in [0.2, 0.25) is 0 Å². The largest absolute Gasteiger partial charge is 0.450 e. The van der Waals surface area contributed by atoms with Gasteiger partial charge < -0.3 is 14.6 Å². The van der Waals surface area contributed by atoms with Crippen LogP contribution >= 0.6 is 0 Å². The van der Waals surface area contributed by atoms with E-state index in [-0.39, 0.29) is 5.91 Å². The van der Waals surface area contributed by atoms with E-state index in [0.29, 0.717) is 11.8 Å². The van der Waals surface area contributed by atoms with E-state index in [1.165, 1.54) is 5.56 Å². The van der Waals surface area contributed by atoms with Crippen molar-refractivity contribution in [2.45, 2.75) is 53.0 Å². The van der Waals surface area contributed by atoms with Gasteiger partial charge in [-0.2, -0.15) is 0 Å². The van der Waals surface area contributed by atoms with Crippen molar-refractivity contribution < 1.29 is 9.21 Å². The summed E-state index contributed by atoms with van der Waals surface area (Å²) in [6.45, 7) is 11.0. The molecule has 1 aliphatic rings. The molecule has 0 radical (unpaired) electrons. The molecule has 1 aromatic heterocycles. The van der Waals surface area contributed by atoms with Gasteiger partial charge in [0, 0.05) is 23.5 Å². The lowest BCUT2D eigenvalue weighted by atomic mass is 10.0. The number of carbonyl (C=O) groups is 1. The normalized spacial score (nSPS) is 15.8. The molecule has 1 N–H and O–H groups in total. The van der Waals surface area contributed by atoms with E-state index < -0.39 is 0 Å². The Balaban J connectivity index is 2.01.